The van der Waals surface area contributed by atoms with Crippen LogP contribution in [0, 0.1) is 5.82 Å². The van der Waals surface area contributed by atoms with Crippen LogP contribution in [0.5, 0.6) is 0 Å². The van der Waals surface area contributed by atoms with Gasteiger partial charge in [0.1, 0.15) is 11.9 Å². The number of carbonyl (C=O) groups excluding carboxylic acids is 1. The average Bonchev–Trinajstić information content (AvgIpc) is 3.25. The highest BCUT2D eigenvalue weighted by atomic mass is 19.1. The van der Waals surface area contributed by atoms with Crippen LogP contribution in [0.15, 0.2) is 59.0 Å². The molecule has 0 radical (unpaired) electrons. The van der Waals surface area contributed by atoms with Crippen LogP contribution in [0.2, 0.25) is 0 Å². The summed E-state index contributed by atoms with van der Waals surface area (Å²) >= 11 is 0. The molecule has 1 amide bonds. The van der Waals surface area contributed by atoms with Crippen LogP contribution in [0.1, 0.15) is 42.3 Å². The first kappa shape index (κ1) is 20.1. The summed E-state index contributed by atoms with van der Waals surface area (Å²) in [5.74, 6) is -0.199. The standard InChI is InChI=1S/C23H25FN4O2/c24-19-11-7-10-18(14-19)16-21(29)25-20(15-17-8-3-1-4-9-17)22-26-27-23(30-22)28-12-5-2-6-13-28/h1,3-4,7-11,14,20H,2,5-6,12-13,15-16H2,(H,25,29)/t20-/m1/s1. The monoisotopic (exact) mass is 408 g/mol. The van der Waals surface area contributed by atoms with Gasteiger partial charge in [-0.1, -0.05) is 47.6 Å². The zero-order valence-corrected chi connectivity index (χ0v) is 16.8. The zero-order valence-electron chi connectivity index (χ0n) is 16.8. The number of aromatic nitrogens is 2. The van der Waals surface area contributed by atoms with Crippen molar-refractivity contribution in [1.82, 2.24) is 15.5 Å². The third kappa shape index (κ3) is 5.23. The van der Waals surface area contributed by atoms with Gasteiger partial charge < -0.3 is 14.6 Å². The van der Waals surface area contributed by atoms with Gasteiger partial charge in [0.25, 0.3) is 0 Å². The van der Waals surface area contributed by atoms with Crippen LogP contribution in [0.4, 0.5) is 10.4 Å². The Morgan fingerprint density at radius 3 is 2.57 bits per heavy atom. The maximum absolute atomic E-state index is 13.4. The Hall–Kier alpha value is -3.22. The topological polar surface area (TPSA) is 71.3 Å². The lowest BCUT2D eigenvalue weighted by Gasteiger charge is -2.24. The first-order valence-electron chi connectivity index (χ1n) is 10.3. The summed E-state index contributed by atoms with van der Waals surface area (Å²) in [6, 6.07) is 15.9. The van der Waals surface area contributed by atoms with Crippen molar-refractivity contribution < 1.29 is 13.6 Å². The van der Waals surface area contributed by atoms with Gasteiger partial charge >= 0.3 is 6.01 Å². The molecule has 1 N–H and O–H groups in total. The summed E-state index contributed by atoms with van der Waals surface area (Å²) in [5, 5.41) is 11.4. The molecule has 2 aromatic carbocycles. The van der Waals surface area contributed by atoms with E-state index in [1.165, 1.54) is 18.6 Å². The van der Waals surface area contributed by atoms with E-state index in [1.807, 2.05) is 30.3 Å². The minimum atomic E-state index is -0.459. The molecule has 1 aliphatic rings. The van der Waals surface area contributed by atoms with Gasteiger partial charge in [0.05, 0.1) is 6.42 Å². The molecule has 4 rings (SSSR count). The molecule has 1 saturated heterocycles. The number of hydrogen-bond donors (Lipinski definition) is 1. The molecule has 0 bridgehead atoms. The summed E-state index contributed by atoms with van der Waals surface area (Å²) in [5.41, 5.74) is 1.66. The van der Waals surface area contributed by atoms with Crippen LogP contribution in [0.3, 0.4) is 0 Å². The number of nitrogens with one attached hydrogen (secondary N) is 1. The number of amides is 1. The molecule has 1 atom stereocenters. The lowest BCUT2D eigenvalue weighted by atomic mass is 10.1. The fourth-order valence-corrected chi connectivity index (χ4v) is 3.71. The molecule has 0 saturated carbocycles. The molecule has 0 aliphatic carbocycles. The lowest BCUT2D eigenvalue weighted by Crippen LogP contribution is -2.31. The highest BCUT2D eigenvalue weighted by molar-refractivity contribution is 5.78. The second kappa shape index (κ2) is 9.52. The van der Waals surface area contributed by atoms with Gasteiger partial charge in [-0.3, -0.25) is 4.79 Å². The van der Waals surface area contributed by atoms with E-state index in [0.29, 0.717) is 23.9 Å². The van der Waals surface area contributed by atoms with Gasteiger partial charge in [-0.25, -0.2) is 4.39 Å². The minimum Gasteiger partial charge on any atom is -0.406 e. The number of carbonyl (C=O) groups is 1. The van der Waals surface area contributed by atoms with Gasteiger partial charge in [-0.2, -0.15) is 0 Å². The number of nitrogens with zero attached hydrogens (tertiary/aromatic N) is 3. The number of benzene rings is 2. The molecule has 7 heteroatoms. The predicted octanol–water partition coefficient (Wildman–Crippen LogP) is 3.84. The Bertz CT molecular complexity index is 970. The molecular formula is C23H25FN4O2. The fourth-order valence-electron chi connectivity index (χ4n) is 3.71. The second-order valence-corrected chi connectivity index (χ2v) is 7.59. The highest BCUT2D eigenvalue weighted by Gasteiger charge is 2.24. The molecule has 156 valence electrons. The molecule has 2 heterocycles. The molecule has 0 unspecified atom stereocenters. The number of rotatable bonds is 7. The van der Waals surface area contributed by atoms with E-state index in [2.05, 4.69) is 20.4 Å². The van der Waals surface area contributed by atoms with E-state index in [0.717, 1.165) is 31.5 Å². The summed E-state index contributed by atoms with van der Waals surface area (Å²) in [4.78, 5) is 14.8. The van der Waals surface area contributed by atoms with E-state index >= 15 is 0 Å². The number of piperidine rings is 1. The Morgan fingerprint density at radius 2 is 1.80 bits per heavy atom. The number of hydrogen-bond acceptors (Lipinski definition) is 5. The van der Waals surface area contributed by atoms with Gasteiger partial charge in [0, 0.05) is 19.5 Å². The zero-order chi connectivity index (χ0) is 20.8. The Kier molecular flexibility index (Phi) is 6.37. The maximum atomic E-state index is 13.4. The van der Waals surface area contributed by atoms with Crippen LogP contribution < -0.4 is 10.2 Å². The van der Waals surface area contributed by atoms with Gasteiger partial charge in [-0.05, 0) is 42.5 Å². The van der Waals surface area contributed by atoms with Crippen LogP contribution >= 0.6 is 0 Å². The Labute approximate surface area is 175 Å². The molecule has 30 heavy (non-hydrogen) atoms. The van der Waals surface area contributed by atoms with Crippen molar-refractivity contribution in [2.45, 2.75) is 38.1 Å². The molecule has 1 fully saturated rings. The quantitative estimate of drug-likeness (QED) is 0.643. The average molecular weight is 408 g/mol. The molecule has 6 nitrogen and oxygen atoms in total. The van der Waals surface area contributed by atoms with E-state index in [-0.39, 0.29) is 18.1 Å². The smallest absolute Gasteiger partial charge is 0.318 e. The van der Waals surface area contributed by atoms with E-state index < -0.39 is 6.04 Å². The summed E-state index contributed by atoms with van der Waals surface area (Å²) < 4.78 is 19.4. The molecule has 0 spiro atoms. The van der Waals surface area contributed by atoms with Crippen molar-refractivity contribution in [2.75, 3.05) is 18.0 Å². The third-order valence-corrected chi connectivity index (χ3v) is 5.23. The van der Waals surface area contributed by atoms with Crippen molar-refractivity contribution in [3.8, 4) is 0 Å². The number of anilines is 1. The van der Waals surface area contributed by atoms with Gasteiger partial charge in [-0.15, -0.1) is 5.10 Å². The Balaban J connectivity index is 1.50. The van der Waals surface area contributed by atoms with Crippen molar-refractivity contribution >= 4 is 11.9 Å². The molecule has 1 aliphatic heterocycles. The second-order valence-electron chi connectivity index (χ2n) is 7.59. The molecule has 3 aromatic rings. The van der Waals surface area contributed by atoms with Crippen LogP contribution in [-0.4, -0.2) is 29.2 Å². The van der Waals surface area contributed by atoms with Crippen molar-refractivity contribution in [3.63, 3.8) is 0 Å². The summed E-state index contributed by atoms with van der Waals surface area (Å²) in [6.07, 6.45) is 4.03. The van der Waals surface area contributed by atoms with Gasteiger partial charge in [0.15, 0.2) is 0 Å². The maximum Gasteiger partial charge on any atom is 0.318 e. The van der Waals surface area contributed by atoms with E-state index in [1.54, 1.807) is 12.1 Å². The SMILES string of the molecule is O=C(Cc1cccc(F)c1)N[C@H](Cc1ccccc1)c1nnc(N2CCCCC2)o1. The Morgan fingerprint density at radius 1 is 1.03 bits per heavy atom. The minimum absolute atomic E-state index is 0.0795. The van der Waals surface area contributed by atoms with Crippen molar-refractivity contribution in [2.24, 2.45) is 0 Å². The lowest BCUT2D eigenvalue weighted by molar-refractivity contribution is -0.121. The summed E-state index contributed by atoms with van der Waals surface area (Å²) in [7, 11) is 0. The molecular weight excluding hydrogens is 383 g/mol. The van der Waals surface area contributed by atoms with Crippen molar-refractivity contribution in [1.29, 1.82) is 0 Å². The highest BCUT2D eigenvalue weighted by Crippen LogP contribution is 2.23. The number of halogens is 1. The van der Waals surface area contributed by atoms with Crippen LogP contribution in [0.25, 0.3) is 0 Å². The predicted molar refractivity (Wildman–Crippen MR) is 111 cm³/mol. The van der Waals surface area contributed by atoms with Gasteiger partial charge in [0.2, 0.25) is 11.8 Å². The van der Waals surface area contributed by atoms with E-state index in [9.17, 15) is 9.18 Å². The first-order valence-corrected chi connectivity index (χ1v) is 10.3. The third-order valence-electron chi connectivity index (χ3n) is 5.23. The largest absolute Gasteiger partial charge is 0.406 e. The molecule has 1 aromatic heterocycles. The first-order chi connectivity index (χ1) is 14.7. The van der Waals surface area contributed by atoms with Crippen LogP contribution in [-0.2, 0) is 17.6 Å². The normalized spacial score (nSPS) is 15.0. The summed E-state index contributed by atoms with van der Waals surface area (Å²) in [6.45, 7) is 1.80. The van der Waals surface area contributed by atoms with E-state index in [4.69, 9.17) is 4.42 Å². The fraction of sp³-hybridized carbons (Fsp3) is 0.348. The van der Waals surface area contributed by atoms with Crippen molar-refractivity contribution in [3.05, 3.63) is 77.4 Å².